The molecule has 0 N–H and O–H groups in total. The zero-order valence-corrected chi connectivity index (χ0v) is 12.8. The number of hydrogen-bond acceptors (Lipinski definition) is 3. The van der Waals surface area contributed by atoms with Crippen LogP contribution in [0.2, 0.25) is 0 Å². The van der Waals surface area contributed by atoms with E-state index >= 15 is 0 Å². The van der Waals surface area contributed by atoms with Crippen LogP contribution in [0.5, 0.6) is 0 Å². The molecule has 0 aliphatic carbocycles. The van der Waals surface area contributed by atoms with E-state index in [0.717, 1.165) is 30.2 Å². The minimum Gasteiger partial charge on any atom is -0.298 e. The van der Waals surface area contributed by atoms with Crippen LogP contribution in [0.3, 0.4) is 0 Å². The van der Waals surface area contributed by atoms with Gasteiger partial charge in [-0.25, -0.2) is 8.42 Å². The predicted octanol–water partition coefficient (Wildman–Crippen LogP) is 2.17. The second-order valence-electron chi connectivity index (χ2n) is 4.60. The average Bonchev–Trinajstić information content (AvgIpc) is 2.33. The molecule has 0 radical (unpaired) electrons. The Labute approximate surface area is 115 Å². The molecule has 0 atom stereocenters. The number of benzene rings is 1. The number of Topliss-reactive ketones (excluding diaryl/α,β-unsaturated/α-hetero) is 1. The summed E-state index contributed by atoms with van der Waals surface area (Å²) in [5.41, 5.74) is 2.57. The molecule has 1 aromatic carbocycles. The van der Waals surface area contributed by atoms with E-state index in [1.165, 1.54) is 11.2 Å². The first-order valence-corrected chi connectivity index (χ1v) is 8.24. The summed E-state index contributed by atoms with van der Waals surface area (Å²) >= 11 is 0. The van der Waals surface area contributed by atoms with Crippen molar-refractivity contribution in [3.63, 3.8) is 0 Å². The zero-order chi connectivity index (χ0) is 14.6. The summed E-state index contributed by atoms with van der Waals surface area (Å²) in [6, 6.07) is 5.75. The highest BCUT2D eigenvalue weighted by Gasteiger charge is 2.23. The summed E-state index contributed by atoms with van der Waals surface area (Å²) in [5.74, 6) is -0.168. The van der Waals surface area contributed by atoms with Crippen LogP contribution in [0.4, 0.5) is 5.69 Å². The maximum absolute atomic E-state index is 12.0. The lowest BCUT2D eigenvalue weighted by atomic mass is 10.0. The topological polar surface area (TPSA) is 54.5 Å². The quantitative estimate of drug-likeness (QED) is 0.804. The fourth-order valence-electron chi connectivity index (χ4n) is 2.10. The van der Waals surface area contributed by atoms with Gasteiger partial charge in [0.1, 0.15) is 5.78 Å². The molecule has 0 aromatic heterocycles. The predicted molar refractivity (Wildman–Crippen MR) is 78.1 cm³/mol. The van der Waals surface area contributed by atoms with Crippen LogP contribution in [-0.4, -0.2) is 27.0 Å². The number of para-hydroxylation sites is 1. The van der Waals surface area contributed by atoms with E-state index in [0.29, 0.717) is 5.69 Å². The molecular formula is C14H21NO3S. The van der Waals surface area contributed by atoms with Crippen molar-refractivity contribution in [1.82, 2.24) is 0 Å². The fraction of sp³-hybridized carbons (Fsp3) is 0.500. The Kier molecular flexibility index (Phi) is 5.11. The Morgan fingerprint density at radius 2 is 1.63 bits per heavy atom. The summed E-state index contributed by atoms with van der Waals surface area (Å²) in [6.45, 7) is 5.25. The minimum atomic E-state index is -3.47. The third-order valence-electron chi connectivity index (χ3n) is 2.98. The molecule has 0 bridgehead atoms. The number of carbonyl (C=O) groups is 1. The average molecular weight is 283 g/mol. The first-order valence-electron chi connectivity index (χ1n) is 6.39. The number of rotatable bonds is 6. The normalized spacial score (nSPS) is 11.4. The standard InChI is InChI=1S/C14H21NO3S/c1-5-12-8-7-9-13(6-2)14(12)15(10-11(3)16)19(4,17)18/h7-9H,5-6,10H2,1-4H3. The van der Waals surface area contributed by atoms with E-state index in [9.17, 15) is 13.2 Å². The lowest BCUT2D eigenvalue weighted by Gasteiger charge is -2.26. The maximum atomic E-state index is 12.0. The summed E-state index contributed by atoms with van der Waals surface area (Å²) in [7, 11) is -3.47. The van der Waals surface area contributed by atoms with E-state index in [1.54, 1.807) is 0 Å². The molecule has 0 saturated carbocycles. The van der Waals surface area contributed by atoms with E-state index in [4.69, 9.17) is 0 Å². The Morgan fingerprint density at radius 3 is 1.95 bits per heavy atom. The monoisotopic (exact) mass is 283 g/mol. The van der Waals surface area contributed by atoms with Crippen molar-refractivity contribution in [2.75, 3.05) is 17.1 Å². The maximum Gasteiger partial charge on any atom is 0.232 e. The van der Waals surface area contributed by atoms with Gasteiger partial charge < -0.3 is 0 Å². The molecule has 0 aliphatic rings. The van der Waals surface area contributed by atoms with Crippen LogP contribution >= 0.6 is 0 Å². The van der Waals surface area contributed by atoms with Crippen LogP contribution in [0.15, 0.2) is 18.2 Å². The molecule has 1 aromatic rings. The van der Waals surface area contributed by atoms with Gasteiger partial charge in [-0.05, 0) is 30.9 Å². The molecule has 0 amide bonds. The Balaban J connectivity index is 3.48. The lowest BCUT2D eigenvalue weighted by Crippen LogP contribution is -2.35. The van der Waals surface area contributed by atoms with Crippen molar-refractivity contribution in [2.45, 2.75) is 33.6 Å². The Hall–Kier alpha value is -1.36. The largest absolute Gasteiger partial charge is 0.298 e. The molecular weight excluding hydrogens is 262 g/mol. The molecule has 0 spiro atoms. The van der Waals surface area contributed by atoms with Gasteiger partial charge in [0, 0.05) is 0 Å². The van der Waals surface area contributed by atoms with Crippen molar-refractivity contribution in [1.29, 1.82) is 0 Å². The first kappa shape index (κ1) is 15.7. The molecule has 0 saturated heterocycles. The fourth-order valence-corrected chi connectivity index (χ4v) is 3.08. The second kappa shape index (κ2) is 6.19. The highest BCUT2D eigenvalue weighted by molar-refractivity contribution is 7.92. The van der Waals surface area contributed by atoms with Gasteiger partial charge in [0.15, 0.2) is 0 Å². The van der Waals surface area contributed by atoms with Gasteiger partial charge in [0.05, 0.1) is 18.5 Å². The third kappa shape index (κ3) is 3.80. The molecule has 0 unspecified atom stereocenters. The van der Waals surface area contributed by atoms with Gasteiger partial charge in [-0.2, -0.15) is 0 Å². The van der Waals surface area contributed by atoms with Crippen LogP contribution in [0.1, 0.15) is 31.9 Å². The van der Waals surface area contributed by atoms with E-state index in [-0.39, 0.29) is 12.3 Å². The summed E-state index contributed by atoms with van der Waals surface area (Å²) in [6.07, 6.45) is 2.60. The summed E-state index contributed by atoms with van der Waals surface area (Å²) < 4.78 is 25.2. The van der Waals surface area contributed by atoms with Crippen LogP contribution in [0, 0.1) is 0 Å². The summed E-state index contributed by atoms with van der Waals surface area (Å²) in [4.78, 5) is 11.4. The van der Waals surface area contributed by atoms with E-state index in [2.05, 4.69) is 0 Å². The van der Waals surface area contributed by atoms with Crippen molar-refractivity contribution in [3.8, 4) is 0 Å². The molecule has 1 rings (SSSR count). The molecule has 5 heteroatoms. The van der Waals surface area contributed by atoms with E-state index in [1.807, 2.05) is 32.0 Å². The zero-order valence-electron chi connectivity index (χ0n) is 11.9. The van der Waals surface area contributed by atoms with Crippen LogP contribution in [0.25, 0.3) is 0 Å². The van der Waals surface area contributed by atoms with Gasteiger partial charge in [-0.15, -0.1) is 0 Å². The molecule has 0 heterocycles. The summed E-state index contributed by atoms with van der Waals surface area (Å²) in [5, 5.41) is 0. The number of anilines is 1. The Morgan fingerprint density at radius 1 is 1.16 bits per heavy atom. The third-order valence-corrected chi connectivity index (χ3v) is 4.09. The van der Waals surface area contributed by atoms with Crippen molar-refractivity contribution < 1.29 is 13.2 Å². The number of carbonyl (C=O) groups excluding carboxylic acids is 1. The number of ketones is 1. The number of nitrogens with zero attached hydrogens (tertiary/aromatic N) is 1. The minimum absolute atomic E-state index is 0.108. The van der Waals surface area contributed by atoms with Gasteiger partial charge in [0.25, 0.3) is 0 Å². The number of hydrogen-bond donors (Lipinski definition) is 0. The van der Waals surface area contributed by atoms with Gasteiger partial charge in [-0.1, -0.05) is 32.0 Å². The molecule has 4 nitrogen and oxygen atoms in total. The molecule has 19 heavy (non-hydrogen) atoms. The number of sulfonamides is 1. The second-order valence-corrected chi connectivity index (χ2v) is 6.51. The van der Waals surface area contributed by atoms with Crippen molar-refractivity contribution in [3.05, 3.63) is 29.3 Å². The Bertz CT molecular complexity index is 542. The van der Waals surface area contributed by atoms with Crippen LogP contribution < -0.4 is 4.31 Å². The highest BCUT2D eigenvalue weighted by Crippen LogP contribution is 2.28. The number of aryl methyl sites for hydroxylation is 2. The van der Waals surface area contributed by atoms with Gasteiger partial charge >= 0.3 is 0 Å². The smallest absolute Gasteiger partial charge is 0.232 e. The van der Waals surface area contributed by atoms with E-state index < -0.39 is 10.0 Å². The van der Waals surface area contributed by atoms with Crippen molar-refractivity contribution >= 4 is 21.5 Å². The van der Waals surface area contributed by atoms with Gasteiger partial charge in [-0.3, -0.25) is 9.10 Å². The van der Waals surface area contributed by atoms with Gasteiger partial charge in [0.2, 0.25) is 10.0 Å². The molecule has 106 valence electrons. The SMILES string of the molecule is CCc1cccc(CC)c1N(CC(C)=O)S(C)(=O)=O. The van der Waals surface area contributed by atoms with Crippen LogP contribution in [-0.2, 0) is 27.7 Å². The van der Waals surface area contributed by atoms with Crippen molar-refractivity contribution in [2.24, 2.45) is 0 Å². The first-order chi connectivity index (χ1) is 8.81. The lowest BCUT2D eigenvalue weighted by molar-refractivity contribution is -0.115. The molecule has 0 fully saturated rings. The molecule has 0 aliphatic heterocycles. The highest BCUT2D eigenvalue weighted by atomic mass is 32.2.